The first-order chi connectivity index (χ1) is 7.49. The molecule has 0 aliphatic heterocycles. The molecule has 0 amide bonds. The van der Waals surface area contributed by atoms with Crippen molar-refractivity contribution >= 4 is 29.1 Å². The second-order valence-corrected chi connectivity index (χ2v) is 5.78. The van der Waals surface area contributed by atoms with Crippen molar-refractivity contribution in [1.82, 2.24) is 0 Å². The molecule has 88 valence electrons. The summed E-state index contributed by atoms with van der Waals surface area (Å²) in [5, 5.41) is 0.760. The highest BCUT2D eigenvalue weighted by atomic mass is 35.5. The van der Waals surface area contributed by atoms with Gasteiger partial charge in [-0.05, 0) is 22.9 Å². The van der Waals surface area contributed by atoms with Crippen LogP contribution in [0.25, 0.3) is 0 Å². The monoisotopic (exact) mass is 260 g/mol. The van der Waals surface area contributed by atoms with Gasteiger partial charge in [0.05, 0.1) is 5.75 Å². The van der Waals surface area contributed by atoms with E-state index in [1.807, 2.05) is 13.8 Å². The fourth-order valence-electron chi connectivity index (χ4n) is 1.19. The van der Waals surface area contributed by atoms with Crippen LogP contribution in [-0.2, 0) is 11.2 Å². The van der Waals surface area contributed by atoms with Gasteiger partial charge in [-0.2, -0.15) is 11.8 Å². The van der Waals surface area contributed by atoms with E-state index in [2.05, 4.69) is 0 Å². The Bertz CT molecular complexity index is 379. The van der Waals surface area contributed by atoms with Gasteiger partial charge in [-0.3, -0.25) is 4.79 Å². The predicted molar refractivity (Wildman–Crippen MR) is 67.7 cm³/mol. The smallest absolute Gasteiger partial charge is 0.147 e. The maximum Gasteiger partial charge on any atom is 0.147 e. The first-order valence-electron chi connectivity index (χ1n) is 5.06. The zero-order valence-electron chi connectivity index (χ0n) is 9.30. The summed E-state index contributed by atoms with van der Waals surface area (Å²) >= 11 is 7.44. The van der Waals surface area contributed by atoms with Gasteiger partial charge in [0.15, 0.2) is 0 Å². The Morgan fingerprint density at radius 3 is 2.75 bits per heavy atom. The minimum atomic E-state index is -0.377. The number of rotatable bonds is 5. The summed E-state index contributed by atoms with van der Waals surface area (Å²) in [6.07, 6.45) is 0.277. The van der Waals surface area contributed by atoms with E-state index in [9.17, 15) is 9.18 Å². The van der Waals surface area contributed by atoms with Crippen molar-refractivity contribution in [2.45, 2.75) is 25.5 Å². The Morgan fingerprint density at radius 1 is 1.50 bits per heavy atom. The molecule has 1 aromatic rings. The van der Waals surface area contributed by atoms with E-state index in [1.165, 1.54) is 12.1 Å². The molecule has 1 rings (SSSR count). The molecular formula is C12H14ClFOS. The summed E-state index contributed by atoms with van der Waals surface area (Å²) in [5.74, 6) is 0.218. The molecule has 0 fully saturated rings. The van der Waals surface area contributed by atoms with Gasteiger partial charge in [0.25, 0.3) is 0 Å². The molecule has 0 unspecified atom stereocenters. The van der Waals surface area contributed by atoms with E-state index in [4.69, 9.17) is 11.6 Å². The topological polar surface area (TPSA) is 17.1 Å². The van der Waals surface area contributed by atoms with Gasteiger partial charge in [-0.15, -0.1) is 0 Å². The van der Waals surface area contributed by atoms with Crippen LogP contribution in [0.2, 0.25) is 5.02 Å². The van der Waals surface area contributed by atoms with E-state index in [0.29, 0.717) is 21.6 Å². The van der Waals surface area contributed by atoms with E-state index >= 15 is 0 Å². The molecule has 0 saturated carbocycles. The first kappa shape index (κ1) is 13.5. The molecule has 0 spiro atoms. The SMILES string of the molecule is CC(C)SCC(=O)Cc1ccc(F)cc1Cl. The summed E-state index contributed by atoms with van der Waals surface area (Å²) in [4.78, 5) is 11.6. The van der Waals surface area contributed by atoms with Gasteiger partial charge < -0.3 is 0 Å². The molecule has 0 aliphatic carbocycles. The average Bonchev–Trinajstić information content (AvgIpc) is 2.19. The summed E-state index contributed by atoms with van der Waals surface area (Å²) in [5.41, 5.74) is 0.692. The van der Waals surface area contributed by atoms with Crippen molar-refractivity contribution in [3.8, 4) is 0 Å². The molecule has 0 heterocycles. The molecule has 1 nitrogen and oxygen atoms in total. The van der Waals surface area contributed by atoms with Crippen LogP contribution in [0.5, 0.6) is 0 Å². The Hall–Kier alpha value is -0.540. The fourth-order valence-corrected chi connectivity index (χ4v) is 2.04. The number of halogens is 2. The van der Waals surface area contributed by atoms with Crippen LogP contribution in [-0.4, -0.2) is 16.8 Å². The van der Waals surface area contributed by atoms with Gasteiger partial charge >= 0.3 is 0 Å². The number of thioether (sulfide) groups is 1. The molecule has 0 N–H and O–H groups in total. The van der Waals surface area contributed by atoms with Crippen molar-refractivity contribution in [1.29, 1.82) is 0 Å². The number of Topliss-reactive ketones (excluding diaryl/α,β-unsaturated/α-hetero) is 1. The van der Waals surface area contributed by atoms with Gasteiger partial charge in [-0.1, -0.05) is 31.5 Å². The number of benzene rings is 1. The van der Waals surface area contributed by atoms with E-state index < -0.39 is 0 Å². The van der Waals surface area contributed by atoms with Crippen molar-refractivity contribution < 1.29 is 9.18 Å². The molecule has 0 atom stereocenters. The second kappa shape index (κ2) is 6.26. The molecule has 0 radical (unpaired) electrons. The molecule has 0 aliphatic rings. The standard InChI is InChI=1S/C12H14ClFOS/c1-8(2)16-7-11(15)5-9-3-4-10(14)6-12(9)13/h3-4,6,8H,5,7H2,1-2H3. The largest absolute Gasteiger partial charge is 0.298 e. The number of hydrogen-bond donors (Lipinski definition) is 0. The summed E-state index contributed by atoms with van der Waals surface area (Å²) in [6, 6.07) is 4.12. The second-order valence-electron chi connectivity index (χ2n) is 3.81. The van der Waals surface area contributed by atoms with E-state index in [-0.39, 0.29) is 18.0 Å². The van der Waals surface area contributed by atoms with Crippen LogP contribution < -0.4 is 0 Å². The highest BCUT2D eigenvalue weighted by Crippen LogP contribution is 2.19. The van der Waals surface area contributed by atoms with Crippen molar-refractivity contribution in [3.05, 3.63) is 34.6 Å². The third-order valence-electron chi connectivity index (χ3n) is 1.98. The molecule has 4 heteroatoms. The maximum absolute atomic E-state index is 12.8. The zero-order chi connectivity index (χ0) is 12.1. The van der Waals surface area contributed by atoms with Crippen LogP contribution >= 0.6 is 23.4 Å². The number of hydrogen-bond acceptors (Lipinski definition) is 2. The molecule has 0 bridgehead atoms. The number of ketones is 1. The molecule has 16 heavy (non-hydrogen) atoms. The lowest BCUT2D eigenvalue weighted by Crippen LogP contribution is -2.08. The minimum Gasteiger partial charge on any atom is -0.298 e. The highest BCUT2D eigenvalue weighted by molar-refractivity contribution is 8.00. The van der Waals surface area contributed by atoms with Gasteiger partial charge in [0.1, 0.15) is 11.6 Å². The highest BCUT2D eigenvalue weighted by Gasteiger charge is 2.09. The average molecular weight is 261 g/mol. The summed E-state index contributed by atoms with van der Waals surface area (Å²) < 4.78 is 12.8. The van der Waals surface area contributed by atoms with Crippen LogP contribution in [0.3, 0.4) is 0 Å². The summed E-state index contributed by atoms with van der Waals surface area (Å²) in [7, 11) is 0. The lowest BCUT2D eigenvalue weighted by Gasteiger charge is -2.05. The van der Waals surface area contributed by atoms with Crippen molar-refractivity contribution in [3.63, 3.8) is 0 Å². The molecule has 0 aromatic heterocycles. The maximum atomic E-state index is 12.8. The Kier molecular flexibility index (Phi) is 5.29. The van der Waals surface area contributed by atoms with Crippen LogP contribution in [0.1, 0.15) is 19.4 Å². The normalized spacial score (nSPS) is 10.8. The van der Waals surface area contributed by atoms with E-state index in [1.54, 1.807) is 17.8 Å². The molecular weight excluding hydrogens is 247 g/mol. The lowest BCUT2D eigenvalue weighted by molar-refractivity contribution is -0.116. The third kappa shape index (κ3) is 4.54. The zero-order valence-corrected chi connectivity index (χ0v) is 10.9. The Labute approximate surface area is 104 Å². The van der Waals surface area contributed by atoms with Crippen molar-refractivity contribution in [2.75, 3.05) is 5.75 Å². The van der Waals surface area contributed by atoms with Crippen LogP contribution in [0, 0.1) is 5.82 Å². The van der Waals surface area contributed by atoms with E-state index in [0.717, 1.165) is 0 Å². The summed E-state index contributed by atoms with van der Waals surface area (Å²) in [6.45, 7) is 4.09. The predicted octanol–water partition coefficient (Wildman–Crippen LogP) is 3.73. The van der Waals surface area contributed by atoms with Crippen LogP contribution in [0.15, 0.2) is 18.2 Å². The quantitative estimate of drug-likeness (QED) is 0.802. The Balaban J connectivity index is 2.56. The van der Waals surface area contributed by atoms with Crippen molar-refractivity contribution in [2.24, 2.45) is 0 Å². The molecule has 1 aromatic carbocycles. The van der Waals surface area contributed by atoms with Crippen LogP contribution in [0.4, 0.5) is 4.39 Å². The lowest BCUT2D eigenvalue weighted by atomic mass is 10.1. The minimum absolute atomic E-state index is 0.118. The van der Waals surface area contributed by atoms with Gasteiger partial charge in [0, 0.05) is 11.4 Å². The molecule has 0 saturated heterocycles. The number of carbonyl (C=O) groups is 1. The fraction of sp³-hybridized carbons (Fsp3) is 0.417. The van der Waals surface area contributed by atoms with Gasteiger partial charge in [-0.25, -0.2) is 4.39 Å². The van der Waals surface area contributed by atoms with Gasteiger partial charge in [0.2, 0.25) is 0 Å². The number of carbonyl (C=O) groups excluding carboxylic acids is 1. The first-order valence-corrected chi connectivity index (χ1v) is 6.49. The third-order valence-corrected chi connectivity index (χ3v) is 3.49. The Morgan fingerprint density at radius 2 is 2.19 bits per heavy atom.